The van der Waals surface area contributed by atoms with E-state index in [1.165, 1.54) is 0 Å². The Hall–Kier alpha value is -2.64. The zero-order valence-electron chi connectivity index (χ0n) is 17.4. The molecule has 0 spiro atoms. The van der Waals surface area contributed by atoms with Crippen molar-refractivity contribution >= 4 is 32.2 Å². The minimum atomic E-state index is -3.11. The average Bonchev–Trinajstić information content (AvgIpc) is 2.79. The predicted molar refractivity (Wildman–Crippen MR) is 124 cm³/mol. The molecule has 30 heavy (non-hydrogen) atoms. The molecular formula is C23H28N4O2S. The molecule has 0 aliphatic carbocycles. The highest BCUT2D eigenvalue weighted by atomic mass is 32.2. The molecule has 0 radical (unpaired) electrons. The number of hydrogen-bond acceptors (Lipinski definition) is 5. The number of pyridine rings is 1. The van der Waals surface area contributed by atoms with E-state index in [0.29, 0.717) is 13.1 Å². The van der Waals surface area contributed by atoms with Crippen LogP contribution in [-0.4, -0.2) is 49.6 Å². The van der Waals surface area contributed by atoms with E-state index in [1.807, 2.05) is 25.5 Å². The number of piperidine rings is 1. The lowest BCUT2D eigenvalue weighted by atomic mass is 9.99. The largest absolute Gasteiger partial charge is 0.388 e. The Morgan fingerprint density at radius 3 is 2.47 bits per heavy atom. The number of rotatable bonds is 6. The van der Waals surface area contributed by atoms with Crippen molar-refractivity contribution in [2.24, 2.45) is 0 Å². The summed E-state index contributed by atoms with van der Waals surface area (Å²) in [7, 11) is -1.20. The number of nitrogens with zero attached hydrogens (tertiary/aromatic N) is 2. The second kappa shape index (κ2) is 8.62. The van der Waals surface area contributed by atoms with Gasteiger partial charge in [-0.3, -0.25) is 4.98 Å². The summed E-state index contributed by atoms with van der Waals surface area (Å²) < 4.78 is 25.9. The third kappa shape index (κ3) is 4.27. The van der Waals surface area contributed by atoms with Gasteiger partial charge in [0, 0.05) is 55.3 Å². The Labute approximate surface area is 178 Å². The fraction of sp³-hybridized carbons (Fsp3) is 0.348. The third-order valence-electron chi connectivity index (χ3n) is 5.83. The van der Waals surface area contributed by atoms with Crippen molar-refractivity contribution in [3.8, 4) is 11.1 Å². The van der Waals surface area contributed by atoms with Crippen LogP contribution in [0.3, 0.4) is 0 Å². The van der Waals surface area contributed by atoms with Crippen LogP contribution in [0.1, 0.15) is 19.8 Å². The normalized spacial score (nSPS) is 15.9. The Bertz CT molecular complexity index is 1120. The van der Waals surface area contributed by atoms with Gasteiger partial charge >= 0.3 is 0 Å². The number of fused-ring (bicyclic) bond motifs is 1. The first-order chi connectivity index (χ1) is 14.5. The maximum absolute atomic E-state index is 12.1. The van der Waals surface area contributed by atoms with Gasteiger partial charge in [-0.05, 0) is 66.6 Å². The van der Waals surface area contributed by atoms with Gasteiger partial charge in [-0.1, -0.05) is 12.1 Å². The molecule has 0 unspecified atom stereocenters. The molecule has 1 saturated heterocycles. The lowest BCUT2D eigenvalue weighted by Gasteiger charge is -2.32. The van der Waals surface area contributed by atoms with Crippen LogP contribution in [0.15, 0.2) is 54.9 Å². The first kappa shape index (κ1) is 20.6. The van der Waals surface area contributed by atoms with Gasteiger partial charge < -0.3 is 10.6 Å². The molecule has 1 aromatic heterocycles. The van der Waals surface area contributed by atoms with E-state index in [1.54, 1.807) is 11.2 Å². The molecule has 2 heterocycles. The molecule has 3 aromatic rings. The summed E-state index contributed by atoms with van der Waals surface area (Å²) in [6.45, 7) is 2.83. The van der Waals surface area contributed by atoms with E-state index in [9.17, 15) is 8.42 Å². The first-order valence-corrected chi connectivity index (χ1v) is 12.0. The number of anilines is 2. The predicted octanol–water partition coefficient (Wildman–Crippen LogP) is 4.17. The van der Waals surface area contributed by atoms with Crippen molar-refractivity contribution in [1.82, 2.24) is 9.29 Å². The molecule has 7 heteroatoms. The van der Waals surface area contributed by atoms with Crippen LogP contribution in [0.5, 0.6) is 0 Å². The van der Waals surface area contributed by atoms with Crippen molar-refractivity contribution in [3.05, 3.63) is 54.9 Å². The summed E-state index contributed by atoms with van der Waals surface area (Å²) in [6, 6.07) is 15.0. The van der Waals surface area contributed by atoms with E-state index in [0.717, 1.165) is 46.1 Å². The highest BCUT2D eigenvalue weighted by Gasteiger charge is 2.26. The topological polar surface area (TPSA) is 74.3 Å². The van der Waals surface area contributed by atoms with Crippen molar-refractivity contribution in [1.29, 1.82) is 0 Å². The van der Waals surface area contributed by atoms with Gasteiger partial charge in [0.15, 0.2) is 0 Å². The van der Waals surface area contributed by atoms with Crippen LogP contribution in [-0.2, 0) is 10.0 Å². The van der Waals surface area contributed by atoms with Crippen LogP contribution in [0.2, 0.25) is 0 Å². The summed E-state index contributed by atoms with van der Waals surface area (Å²) in [4.78, 5) is 4.31. The molecule has 4 rings (SSSR count). The maximum atomic E-state index is 12.1. The van der Waals surface area contributed by atoms with Crippen LogP contribution < -0.4 is 10.6 Å². The Morgan fingerprint density at radius 2 is 1.80 bits per heavy atom. The summed E-state index contributed by atoms with van der Waals surface area (Å²) in [5, 5.41) is 9.04. The Kier molecular flexibility index (Phi) is 5.92. The zero-order valence-corrected chi connectivity index (χ0v) is 18.2. The van der Waals surface area contributed by atoms with E-state index in [4.69, 9.17) is 0 Å². The molecule has 2 aromatic carbocycles. The van der Waals surface area contributed by atoms with Crippen molar-refractivity contribution < 1.29 is 8.42 Å². The summed E-state index contributed by atoms with van der Waals surface area (Å²) in [6.07, 6.45) is 5.29. The van der Waals surface area contributed by atoms with Gasteiger partial charge in [0.25, 0.3) is 0 Å². The number of aromatic nitrogens is 1. The van der Waals surface area contributed by atoms with Gasteiger partial charge in [-0.15, -0.1) is 0 Å². The second-order valence-electron chi connectivity index (χ2n) is 7.67. The van der Waals surface area contributed by atoms with E-state index in [2.05, 4.69) is 52.0 Å². The quantitative estimate of drug-likeness (QED) is 0.621. The molecule has 0 amide bonds. The standard InChI is InChI=1S/C23H28N4O2S/c1-3-30(28,29)27-12-9-21(10-13-27)26-23-15-19(14-18-8-11-25-16-22(18)23)17-4-6-20(24-2)7-5-17/h4-8,11,14-16,21,24,26H,3,9-10,12-13H2,1-2H3. The lowest BCUT2D eigenvalue weighted by molar-refractivity contribution is 0.330. The molecular weight excluding hydrogens is 396 g/mol. The number of benzene rings is 2. The van der Waals surface area contributed by atoms with Gasteiger partial charge in [-0.2, -0.15) is 0 Å². The maximum Gasteiger partial charge on any atom is 0.213 e. The van der Waals surface area contributed by atoms with Crippen LogP contribution in [0.25, 0.3) is 21.9 Å². The number of sulfonamides is 1. The molecule has 1 fully saturated rings. The van der Waals surface area contributed by atoms with E-state index >= 15 is 0 Å². The summed E-state index contributed by atoms with van der Waals surface area (Å²) >= 11 is 0. The van der Waals surface area contributed by atoms with E-state index < -0.39 is 10.0 Å². The van der Waals surface area contributed by atoms with Crippen molar-refractivity contribution in [2.45, 2.75) is 25.8 Å². The first-order valence-electron chi connectivity index (χ1n) is 10.4. The minimum Gasteiger partial charge on any atom is -0.388 e. The number of hydrogen-bond donors (Lipinski definition) is 2. The molecule has 158 valence electrons. The monoisotopic (exact) mass is 424 g/mol. The number of nitrogens with one attached hydrogen (secondary N) is 2. The van der Waals surface area contributed by atoms with Crippen LogP contribution in [0, 0.1) is 0 Å². The second-order valence-corrected chi connectivity index (χ2v) is 9.92. The van der Waals surface area contributed by atoms with Gasteiger partial charge in [0.05, 0.1) is 5.75 Å². The van der Waals surface area contributed by atoms with Gasteiger partial charge in [-0.25, -0.2) is 12.7 Å². The molecule has 0 bridgehead atoms. The van der Waals surface area contributed by atoms with Crippen molar-refractivity contribution in [2.75, 3.05) is 36.5 Å². The Morgan fingerprint density at radius 1 is 1.07 bits per heavy atom. The summed E-state index contributed by atoms with van der Waals surface area (Å²) in [5.74, 6) is 0.162. The lowest BCUT2D eigenvalue weighted by Crippen LogP contribution is -2.42. The molecule has 0 atom stereocenters. The highest BCUT2D eigenvalue weighted by molar-refractivity contribution is 7.89. The highest BCUT2D eigenvalue weighted by Crippen LogP contribution is 2.32. The van der Waals surface area contributed by atoms with Gasteiger partial charge in [0.2, 0.25) is 10.0 Å². The SMILES string of the molecule is CCS(=O)(=O)N1CCC(Nc2cc(-c3ccc(NC)cc3)cc3ccncc23)CC1. The third-order valence-corrected chi connectivity index (χ3v) is 7.72. The van der Waals surface area contributed by atoms with Crippen LogP contribution in [0.4, 0.5) is 11.4 Å². The molecule has 6 nitrogen and oxygen atoms in total. The molecule has 1 aliphatic rings. The molecule has 2 N–H and O–H groups in total. The fourth-order valence-corrected chi connectivity index (χ4v) is 5.13. The van der Waals surface area contributed by atoms with Crippen LogP contribution >= 0.6 is 0 Å². The smallest absolute Gasteiger partial charge is 0.213 e. The van der Waals surface area contributed by atoms with Gasteiger partial charge in [0.1, 0.15) is 0 Å². The zero-order chi connectivity index (χ0) is 21.1. The minimum absolute atomic E-state index is 0.162. The molecule has 0 saturated carbocycles. The average molecular weight is 425 g/mol. The fourth-order valence-electron chi connectivity index (χ4n) is 3.99. The molecule has 1 aliphatic heterocycles. The van der Waals surface area contributed by atoms with E-state index in [-0.39, 0.29) is 11.8 Å². The van der Waals surface area contributed by atoms with Crippen molar-refractivity contribution in [3.63, 3.8) is 0 Å². The Balaban J connectivity index is 1.60. The summed E-state index contributed by atoms with van der Waals surface area (Å²) in [5.41, 5.74) is 4.42.